The van der Waals surface area contributed by atoms with Crippen molar-refractivity contribution in [2.45, 2.75) is 11.5 Å². The summed E-state index contributed by atoms with van der Waals surface area (Å²) in [6.45, 7) is 0.307. The van der Waals surface area contributed by atoms with E-state index in [0.29, 0.717) is 23.1 Å². The Kier molecular flexibility index (Phi) is 4.33. The van der Waals surface area contributed by atoms with Gasteiger partial charge in [0.1, 0.15) is 18.2 Å². The van der Waals surface area contributed by atoms with Crippen LogP contribution in [0.25, 0.3) is 0 Å². The molecule has 0 saturated carbocycles. The highest BCUT2D eigenvalue weighted by Gasteiger charge is 2.06. The summed E-state index contributed by atoms with van der Waals surface area (Å²) < 4.78 is 5.73. The number of pyridine rings is 1. The van der Waals surface area contributed by atoms with Crippen LogP contribution in [-0.2, 0) is 6.61 Å². The number of nitrogen functional groups attached to an aromatic ring is 1. The van der Waals surface area contributed by atoms with Gasteiger partial charge >= 0.3 is 0 Å². The number of benzene rings is 1. The van der Waals surface area contributed by atoms with Crippen LogP contribution in [0.4, 0.5) is 5.82 Å². The van der Waals surface area contributed by atoms with E-state index in [1.807, 2.05) is 30.5 Å². The minimum atomic E-state index is 0.307. The number of aromatic nitrogens is 1. The summed E-state index contributed by atoms with van der Waals surface area (Å²) >= 11 is 7.67. The number of hydrogen-bond donors (Lipinski definition) is 1. The van der Waals surface area contributed by atoms with Crippen molar-refractivity contribution in [1.29, 1.82) is 0 Å². The number of ether oxygens (including phenoxy) is 1. The number of rotatable bonds is 4. The SMILES string of the molecule is CSc1ccccc1OCc1nc(N)ccc1Cl. The van der Waals surface area contributed by atoms with Crippen LogP contribution in [-0.4, -0.2) is 11.2 Å². The highest BCUT2D eigenvalue weighted by Crippen LogP contribution is 2.28. The summed E-state index contributed by atoms with van der Waals surface area (Å²) in [7, 11) is 0. The summed E-state index contributed by atoms with van der Waals surface area (Å²) in [5.41, 5.74) is 6.27. The normalized spacial score (nSPS) is 10.3. The van der Waals surface area contributed by atoms with Gasteiger partial charge in [0.05, 0.1) is 10.7 Å². The third-order valence-corrected chi connectivity index (χ3v) is 3.49. The zero-order valence-electron chi connectivity index (χ0n) is 9.89. The third-order valence-electron chi connectivity index (χ3n) is 2.37. The molecule has 0 spiro atoms. The van der Waals surface area contributed by atoms with Crippen LogP contribution >= 0.6 is 23.4 Å². The second kappa shape index (κ2) is 5.98. The molecule has 0 aliphatic carbocycles. The Morgan fingerprint density at radius 3 is 2.83 bits per heavy atom. The maximum atomic E-state index is 6.03. The van der Waals surface area contributed by atoms with Gasteiger partial charge in [-0.25, -0.2) is 4.98 Å². The molecule has 0 aliphatic heterocycles. The standard InChI is InChI=1S/C13H13ClN2OS/c1-18-12-5-3-2-4-11(12)17-8-10-9(14)6-7-13(15)16-10/h2-7H,8H2,1H3,(H2,15,16). The van der Waals surface area contributed by atoms with Crippen molar-refractivity contribution in [2.24, 2.45) is 0 Å². The van der Waals surface area contributed by atoms with Gasteiger partial charge in [-0.15, -0.1) is 11.8 Å². The van der Waals surface area contributed by atoms with E-state index in [1.165, 1.54) is 0 Å². The van der Waals surface area contributed by atoms with Crippen LogP contribution in [0, 0.1) is 0 Å². The molecule has 0 atom stereocenters. The lowest BCUT2D eigenvalue weighted by Crippen LogP contribution is -2.02. The van der Waals surface area contributed by atoms with Crippen LogP contribution in [0.5, 0.6) is 5.75 Å². The van der Waals surface area contributed by atoms with Crippen LogP contribution in [0.1, 0.15) is 5.69 Å². The minimum Gasteiger partial charge on any atom is -0.486 e. The van der Waals surface area contributed by atoms with Crippen molar-refractivity contribution in [1.82, 2.24) is 4.98 Å². The monoisotopic (exact) mass is 280 g/mol. The molecule has 0 aliphatic rings. The molecule has 5 heteroatoms. The van der Waals surface area contributed by atoms with E-state index < -0.39 is 0 Å². The first-order valence-electron chi connectivity index (χ1n) is 5.37. The van der Waals surface area contributed by atoms with E-state index in [-0.39, 0.29) is 0 Å². The van der Waals surface area contributed by atoms with Crippen LogP contribution in [0.15, 0.2) is 41.3 Å². The molecule has 18 heavy (non-hydrogen) atoms. The van der Waals surface area contributed by atoms with Gasteiger partial charge in [-0.2, -0.15) is 0 Å². The number of para-hydroxylation sites is 1. The minimum absolute atomic E-state index is 0.307. The third kappa shape index (κ3) is 3.09. The van der Waals surface area contributed by atoms with Crippen LogP contribution < -0.4 is 10.5 Å². The maximum Gasteiger partial charge on any atom is 0.133 e. The number of nitrogens with zero attached hydrogens (tertiary/aromatic N) is 1. The number of hydrogen-bond acceptors (Lipinski definition) is 4. The fraction of sp³-hybridized carbons (Fsp3) is 0.154. The fourth-order valence-electron chi connectivity index (χ4n) is 1.49. The molecule has 0 radical (unpaired) electrons. The van der Waals surface area contributed by atoms with E-state index in [0.717, 1.165) is 10.6 Å². The van der Waals surface area contributed by atoms with Crippen LogP contribution in [0.3, 0.4) is 0 Å². The smallest absolute Gasteiger partial charge is 0.133 e. The molecule has 0 fully saturated rings. The largest absolute Gasteiger partial charge is 0.486 e. The Hall–Kier alpha value is -1.39. The second-order valence-electron chi connectivity index (χ2n) is 3.60. The lowest BCUT2D eigenvalue weighted by molar-refractivity contribution is 0.294. The molecule has 1 aromatic heterocycles. The Labute approximate surface area is 115 Å². The summed E-state index contributed by atoms with van der Waals surface area (Å²) in [6, 6.07) is 11.2. The molecule has 0 amide bonds. The van der Waals surface area contributed by atoms with E-state index in [2.05, 4.69) is 4.98 Å². The lowest BCUT2D eigenvalue weighted by Gasteiger charge is -2.10. The van der Waals surface area contributed by atoms with Gasteiger partial charge in [-0.3, -0.25) is 0 Å². The molecule has 1 heterocycles. The van der Waals surface area contributed by atoms with Crippen molar-refractivity contribution < 1.29 is 4.74 Å². The van der Waals surface area contributed by atoms with Crippen molar-refractivity contribution in [3.63, 3.8) is 0 Å². The zero-order valence-corrected chi connectivity index (χ0v) is 11.5. The molecule has 2 N–H and O–H groups in total. The summed E-state index contributed by atoms with van der Waals surface area (Å²) in [5, 5.41) is 0.561. The molecule has 0 bridgehead atoms. The molecule has 1 aromatic carbocycles. The molecule has 2 aromatic rings. The lowest BCUT2D eigenvalue weighted by atomic mass is 10.3. The topological polar surface area (TPSA) is 48.1 Å². The Morgan fingerprint density at radius 1 is 1.28 bits per heavy atom. The average molecular weight is 281 g/mol. The van der Waals surface area contributed by atoms with E-state index in [9.17, 15) is 0 Å². The van der Waals surface area contributed by atoms with Gasteiger partial charge in [0.15, 0.2) is 0 Å². The van der Waals surface area contributed by atoms with Gasteiger partial charge in [0.25, 0.3) is 0 Å². The maximum absolute atomic E-state index is 6.03. The van der Waals surface area contributed by atoms with Gasteiger partial charge in [-0.05, 0) is 30.5 Å². The van der Waals surface area contributed by atoms with Crippen molar-refractivity contribution in [3.05, 3.63) is 47.1 Å². The second-order valence-corrected chi connectivity index (χ2v) is 4.86. The highest BCUT2D eigenvalue weighted by atomic mass is 35.5. The van der Waals surface area contributed by atoms with E-state index >= 15 is 0 Å². The predicted molar refractivity (Wildman–Crippen MR) is 76.2 cm³/mol. The van der Waals surface area contributed by atoms with Crippen molar-refractivity contribution in [2.75, 3.05) is 12.0 Å². The summed E-state index contributed by atoms with van der Waals surface area (Å²) in [6.07, 6.45) is 2.01. The van der Waals surface area contributed by atoms with Gasteiger partial charge < -0.3 is 10.5 Å². The van der Waals surface area contributed by atoms with Crippen molar-refractivity contribution >= 4 is 29.2 Å². The van der Waals surface area contributed by atoms with Crippen molar-refractivity contribution in [3.8, 4) is 5.75 Å². The first-order valence-corrected chi connectivity index (χ1v) is 6.97. The summed E-state index contributed by atoms with van der Waals surface area (Å²) in [5.74, 6) is 1.27. The highest BCUT2D eigenvalue weighted by molar-refractivity contribution is 7.98. The molecule has 94 valence electrons. The number of anilines is 1. The Balaban J connectivity index is 2.14. The number of halogens is 1. The Bertz CT molecular complexity index is 548. The van der Waals surface area contributed by atoms with Crippen LogP contribution in [0.2, 0.25) is 5.02 Å². The number of thioether (sulfide) groups is 1. The Morgan fingerprint density at radius 2 is 2.06 bits per heavy atom. The predicted octanol–water partition coefficient (Wildman–Crippen LogP) is 3.62. The molecular weight excluding hydrogens is 268 g/mol. The molecule has 2 rings (SSSR count). The molecule has 0 unspecified atom stereocenters. The van der Waals surface area contributed by atoms with Gasteiger partial charge in [0, 0.05) is 4.90 Å². The molecule has 0 saturated heterocycles. The first kappa shape index (κ1) is 13.1. The van der Waals surface area contributed by atoms with E-state index in [4.69, 9.17) is 22.1 Å². The first-order chi connectivity index (χ1) is 8.70. The zero-order chi connectivity index (χ0) is 13.0. The van der Waals surface area contributed by atoms with Gasteiger partial charge in [-0.1, -0.05) is 23.7 Å². The van der Waals surface area contributed by atoms with E-state index in [1.54, 1.807) is 23.9 Å². The molecule has 3 nitrogen and oxygen atoms in total. The fourth-order valence-corrected chi connectivity index (χ4v) is 2.19. The average Bonchev–Trinajstić information content (AvgIpc) is 2.40. The quantitative estimate of drug-likeness (QED) is 0.869. The van der Waals surface area contributed by atoms with Gasteiger partial charge in [0.2, 0.25) is 0 Å². The number of nitrogens with two attached hydrogens (primary N) is 1. The molecular formula is C13H13ClN2OS. The summed E-state index contributed by atoms with van der Waals surface area (Å²) in [4.78, 5) is 5.24.